The third-order valence-electron chi connectivity index (χ3n) is 6.16. The van der Waals surface area contributed by atoms with Crippen molar-refractivity contribution in [1.29, 1.82) is 5.26 Å². The minimum Gasteiger partial charge on any atom is -0.424 e. The van der Waals surface area contributed by atoms with Crippen molar-refractivity contribution in [3.05, 3.63) is 84.5 Å². The van der Waals surface area contributed by atoms with Crippen LogP contribution >= 0.6 is 0 Å². The van der Waals surface area contributed by atoms with E-state index < -0.39 is 0 Å². The number of benzene rings is 2. The van der Waals surface area contributed by atoms with E-state index in [4.69, 9.17) is 10.5 Å². The molecule has 0 atom stereocenters. The van der Waals surface area contributed by atoms with Gasteiger partial charge in [-0.2, -0.15) is 5.26 Å². The SMILES string of the molecule is C=C(C)C(=O)Nc1ccc(-c2c(-c3ccc(Oc4nccc(C)n4)cc3C#N)c3c(N)ncnc3n2C)cc1. The second-order valence-electron chi connectivity index (χ2n) is 8.95. The van der Waals surface area contributed by atoms with Crippen molar-refractivity contribution in [1.82, 2.24) is 24.5 Å². The summed E-state index contributed by atoms with van der Waals surface area (Å²) in [6.45, 7) is 7.16. The van der Waals surface area contributed by atoms with Gasteiger partial charge in [0.2, 0.25) is 0 Å². The lowest BCUT2D eigenvalue weighted by Crippen LogP contribution is -2.11. The predicted molar refractivity (Wildman–Crippen MR) is 149 cm³/mol. The van der Waals surface area contributed by atoms with Crippen molar-refractivity contribution in [3.8, 4) is 40.2 Å². The van der Waals surface area contributed by atoms with Crippen molar-refractivity contribution in [2.45, 2.75) is 13.8 Å². The Balaban J connectivity index is 1.65. The zero-order valence-electron chi connectivity index (χ0n) is 21.6. The molecule has 0 bridgehead atoms. The molecule has 39 heavy (non-hydrogen) atoms. The summed E-state index contributed by atoms with van der Waals surface area (Å²) in [5.41, 5.74) is 12.1. The lowest BCUT2D eigenvalue weighted by Gasteiger charge is -2.12. The van der Waals surface area contributed by atoms with E-state index in [2.05, 4.69) is 37.9 Å². The van der Waals surface area contributed by atoms with Crippen LogP contribution in [0.4, 0.5) is 11.5 Å². The molecule has 2 aromatic carbocycles. The fourth-order valence-electron chi connectivity index (χ4n) is 4.30. The number of anilines is 2. The number of aryl methyl sites for hydroxylation is 2. The van der Waals surface area contributed by atoms with Crippen LogP contribution in [0.15, 0.2) is 73.2 Å². The van der Waals surface area contributed by atoms with Gasteiger partial charge in [-0.1, -0.05) is 18.7 Å². The molecular formula is C29H24N8O2. The van der Waals surface area contributed by atoms with E-state index in [-0.39, 0.29) is 11.9 Å². The summed E-state index contributed by atoms with van der Waals surface area (Å²) in [6, 6.07) is 16.8. The average Bonchev–Trinajstić information content (AvgIpc) is 3.22. The lowest BCUT2D eigenvalue weighted by atomic mass is 9.95. The Morgan fingerprint density at radius 2 is 1.90 bits per heavy atom. The third-order valence-corrected chi connectivity index (χ3v) is 6.16. The average molecular weight is 517 g/mol. The van der Waals surface area contributed by atoms with Gasteiger partial charge in [-0.05, 0) is 55.8 Å². The molecule has 0 saturated carbocycles. The zero-order chi connectivity index (χ0) is 27.7. The van der Waals surface area contributed by atoms with Crippen LogP contribution in [0.1, 0.15) is 18.2 Å². The highest BCUT2D eigenvalue weighted by atomic mass is 16.5. The molecule has 0 unspecified atom stereocenters. The van der Waals surface area contributed by atoms with E-state index in [1.165, 1.54) is 6.33 Å². The first-order valence-electron chi connectivity index (χ1n) is 11.9. The van der Waals surface area contributed by atoms with Gasteiger partial charge in [0, 0.05) is 41.3 Å². The zero-order valence-corrected chi connectivity index (χ0v) is 21.6. The summed E-state index contributed by atoms with van der Waals surface area (Å²) in [5, 5.41) is 13.6. The summed E-state index contributed by atoms with van der Waals surface area (Å²) in [4.78, 5) is 29.1. The number of nitrogen functional groups attached to an aromatic ring is 1. The molecule has 10 nitrogen and oxygen atoms in total. The molecule has 0 spiro atoms. The molecule has 0 radical (unpaired) electrons. The van der Waals surface area contributed by atoms with Crippen molar-refractivity contribution >= 4 is 28.4 Å². The van der Waals surface area contributed by atoms with Crippen LogP contribution in [0.25, 0.3) is 33.4 Å². The Kier molecular flexibility index (Phi) is 6.48. The highest BCUT2D eigenvalue weighted by Gasteiger charge is 2.24. The number of amides is 1. The maximum atomic E-state index is 12.1. The number of fused-ring (bicyclic) bond motifs is 1. The Labute approximate surface area is 224 Å². The minimum absolute atomic E-state index is 0.189. The van der Waals surface area contributed by atoms with Gasteiger partial charge in [-0.3, -0.25) is 4.79 Å². The van der Waals surface area contributed by atoms with E-state index >= 15 is 0 Å². The van der Waals surface area contributed by atoms with Crippen LogP contribution in [0.2, 0.25) is 0 Å². The topological polar surface area (TPSA) is 145 Å². The van der Waals surface area contributed by atoms with Gasteiger partial charge in [0.05, 0.1) is 22.7 Å². The van der Waals surface area contributed by atoms with Crippen molar-refractivity contribution in [2.24, 2.45) is 7.05 Å². The molecule has 0 aliphatic rings. The molecular weight excluding hydrogens is 492 g/mol. The van der Waals surface area contributed by atoms with Gasteiger partial charge in [-0.25, -0.2) is 19.9 Å². The fourth-order valence-corrected chi connectivity index (χ4v) is 4.30. The highest BCUT2D eigenvalue weighted by molar-refractivity contribution is 6.09. The van der Waals surface area contributed by atoms with E-state index in [1.54, 1.807) is 49.5 Å². The Hall–Kier alpha value is -5.56. The molecule has 3 aromatic heterocycles. The standard InChI is InChI=1S/C29H24N8O2/c1-16(2)28(38)36-20-7-5-18(6-8-20)25-23(24-26(31)33-15-34-27(24)37(25)4)22-10-9-21(13-19(22)14-30)39-29-32-12-11-17(3)35-29/h5-13,15H,1H2,2-4H3,(H,36,38)(H2,31,33,34). The smallest absolute Gasteiger partial charge is 0.322 e. The first kappa shape index (κ1) is 25.1. The molecule has 192 valence electrons. The summed E-state index contributed by atoms with van der Waals surface area (Å²) >= 11 is 0. The molecule has 5 rings (SSSR count). The quantitative estimate of drug-likeness (QED) is 0.294. The summed E-state index contributed by atoms with van der Waals surface area (Å²) in [6.07, 6.45) is 3.02. The number of nitrogens with zero attached hydrogens (tertiary/aromatic N) is 6. The molecule has 5 aromatic rings. The van der Waals surface area contributed by atoms with E-state index in [1.807, 2.05) is 30.7 Å². The van der Waals surface area contributed by atoms with E-state index in [0.29, 0.717) is 50.6 Å². The van der Waals surface area contributed by atoms with Crippen LogP contribution < -0.4 is 15.8 Å². The number of nitrogens with two attached hydrogens (primary N) is 1. The van der Waals surface area contributed by atoms with Crippen LogP contribution in [-0.2, 0) is 11.8 Å². The van der Waals surface area contributed by atoms with Gasteiger partial charge in [0.15, 0.2) is 0 Å². The number of nitrogens with one attached hydrogen (secondary N) is 1. The fraction of sp³-hybridized carbons (Fsp3) is 0.103. The van der Waals surface area contributed by atoms with E-state index in [9.17, 15) is 10.1 Å². The molecule has 0 fully saturated rings. The summed E-state index contributed by atoms with van der Waals surface area (Å²) in [5.74, 6) is 0.456. The van der Waals surface area contributed by atoms with Crippen LogP contribution in [0, 0.1) is 18.3 Å². The monoisotopic (exact) mass is 516 g/mol. The molecule has 10 heteroatoms. The first-order valence-corrected chi connectivity index (χ1v) is 11.9. The van der Waals surface area contributed by atoms with Crippen molar-refractivity contribution in [3.63, 3.8) is 0 Å². The number of aromatic nitrogens is 5. The Morgan fingerprint density at radius 3 is 2.59 bits per heavy atom. The Morgan fingerprint density at radius 1 is 1.13 bits per heavy atom. The van der Waals surface area contributed by atoms with Crippen LogP contribution in [-0.4, -0.2) is 30.4 Å². The van der Waals surface area contributed by atoms with Gasteiger partial charge < -0.3 is 20.4 Å². The predicted octanol–water partition coefficient (Wildman–Crippen LogP) is 5.16. The molecule has 0 aliphatic heterocycles. The minimum atomic E-state index is -0.256. The highest BCUT2D eigenvalue weighted by Crippen LogP contribution is 2.43. The van der Waals surface area contributed by atoms with Crippen LogP contribution in [0.5, 0.6) is 11.8 Å². The number of hydrogen-bond donors (Lipinski definition) is 2. The van der Waals surface area contributed by atoms with Gasteiger partial charge >= 0.3 is 6.01 Å². The number of nitriles is 1. The number of carbonyl (C=O) groups is 1. The van der Waals surface area contributed by atoms with E-state index in [0.717, 1.165) is 17.0 Å². The normalized spacial score (nSPS) is 10.7. The largest absolute Gasteiger partial charge is 0.424 e. The second-order valence-corrected chi connectivity index (χ2v) is 8.95. The maximum absolute atomic E-state index is 12.1. The second kappa shape index (κ2) is 10.1. The molecule has 3 N–H and O–H groups in total. The van der Waals surface area contributed by atoms with Crippen molar-refractivity contribution in [2.75, 3.05) is 11.1 Å². The molecule has 1 amide bonds. The van der Waals surface area contributed by atoms with Crippen molar-refractivity contribution < 1.29 is 9.53 Å². The lowest BCUT2D eigenvalue weighted by molar-refractivity contribution is -0.112. The number of hydrogen-bond acceptors (Lipinski definition) is 8. The van der Waals surface area contributed by atoms with Gasteiger partial charge in [-0.15, -0.1) is 0 Å². The summed E-state index contributed by atoms with van der Waals surface area (Å²) in [7, 11) is 1.88. The molecule has 0 saturated heterocycles. The number of ether oxygens (including phenoxy) is 1. The van der Waals surface area contributed by atoms with Crippen LogP contribution in [0.3, 0.4) is 0 Å². The first-order chi connectivity index (χ1) is 18.8. The number of rotatable bonds is 6. The number of carbonyl (C=O) groups excluding carboxylic acids is 1. The molecule has 3 heterocycles. The Bertz CT molecular complexity index is 1800. The van der Waals surface area contributed by atoms with Gasteiger partial charge in [0.1, 0.15) is 23.5 Å². The van der Waals surface area contributed by atoms with Gasteiger partial charge in [0.25, 0.3) is 5.91 Å². The maximum Gasteiger partial charge on any atom is 0.322 e. The third kappa shape index (κ3) is 4.76. The molecule has 0 aliphatic carbocycles. The summed E-state index contributed by atoms with van der Waals surface area (Å²) < 4.78 is 7.73.